The average molecular weight is 258 g/mol. The van der Waals surface area contributed by atoms with E-state index in [0.29, 0.717) is 6.54 Å². The molecule has 1 aromatic carbocycles. The summed E-state index contributed by atoms with van der Waals surface area (Å²) in [6.07, 6.45) is 3.39. The summed E-state index contributed by atoms with van der Waals surface area (Å²) in [6, 6.07) is 6.35. The third kappa shape index (κ3) is 3.16. The highest BCUT2D eigenvalue weighted by molar-refractivity contribution is 5.94. The fourth-order valence-corrected chi connectivity index (χ4v) is 1.77. The normalized spacial score (nSPS) is 10.3. The summed E-state index contributed by atoms with van der Waals surface area (Å²) in [4.78, 5) is 15.9. The topological polar surface area (TPSA) is 42.0 Å². The number of amides is 1. The molecule has 4 heteroatoms. The van der Waals surface area contributed by atoms with Gasteiger partial charge in [0.25, 0.3) is 5.91 Å². The Morgan fingerprint density at radius 3 is 2.84 bits per heavy atom. The van der Waals surface area contributed by atoms with Crippen LogP contribution in [-0.4, -0.2) is 10.9 Å². The SMILES string of the molecule is Cc1ccc(F)c(C(=O)NCc2cnccc2C)c1. The van der Waals surface area contributed by atoms with Gasteiger partial charge in [0, 0.05) is 18.9 Å². The molecule has 0 radical (unpaired) electrons. The van der Waals surface area contributed by atoms with Crippen LogP contribution in [-0.2, 0) is 6.54 Å². The number of rotatable bonds is 3. The van der Waals surface area contributed by atoms with E-state index < -0.39 is 11.7 Å². The number of pyridine rings is 1. The minimum atomic E-state index is -0.508. The van der Waals surface area contributed by atoms with Gasteiger partial charge >= 0.3 is 0 Å². The van der Waals surface area contributed by atoms with Crippen molar-refractivity contribution in [3.8, 4) is 0 Å². The van der Waals surface area contributed by atoms with Crippen LogP contribution in [0.3, 0.4) is 0 Å². The summed E-state index contributed by atoms with van der Waals surface area (Å²) >= 11 is 0. The number of hydrogen-bond donors (Lipinski definition) is 1. The first-order valence-electron chi connectivity index (χ1n) is 6.02. The maximum absolute atomic E-state index is 13.6. The number of carbonyl (C=O) groups is 1. The van der Waals surface area contributed by atoms with Crippen LogP contribution in [0.1, 0.15) is 27.0 Å². The van der Waals surface area contributed by atoms with Gasteiger partial charge in [0.15, 0.2) is 0 Å². The molecule has 3 nitrogen and oxygen atoms in total. The molecule has 0 aliphatic carbocycles. The van der Waals surface area contributed by atoms with Crippen molar-refractivity contribution in [3.63, 3.8) is 0 Å². The molecule has 0 saturated heterocycles. The fraction of sp³-hybridized carbons (Fsp3) is 0.200. The molecule has 0 aliphatic rings. The number of nitrogens with one attached hydrogen (secondary N) is 1. The van der Waals surface area contributed by atoms with Crippen LogP contribution in [0, 0.1) is 19.7 Å². The van der Waals surface area contributed by atoms with Crippen molar-refractivity contribution in [1.29, 1.82) is 0 Å². The minimum Gasteiger partial charge on any atom is -0.348 e. The maximum Gasteiger partial charge on any atom is 0.254 e. The molecular weight excluding hydrogens is 243 g/mol. The Bertz CT molecular complexity index is 611. The van der Waals surface area contributed by atoms with Gasteiger partial charge in [-0.05, 0) is 43.2 Å². The highest BCUT2D eigenvalue weighted by Crippen LogP contribution is 2.10. The Morgan fingerprint density at radius 2 is 2.11 bits per heavy atom. The van der Waals surface area contributed by atoms with Gasteiger partial charge in [-0.25, -0.2) is 4.39 Å². The lowest BCUT2D eigenvalue weighted by atomic mass is 10.1. The van der Waals surface area contributed by atoms with Gasteiger partial charge in [-0.2, -0.15) is 0 Å². The minimum absolute atomic E-state index is 0.0709. The molecule has 98 valence electrons. The van der Waals surface area contributed by atoms with E-state index in [1.807, 2.05) is 19.9 Å². The van der Waals surface area contributed by atoms with Crippen LogP contribution in [0.5, 0.6) is 0 Å². The van der Waals surface area contributed by atoms with Crippen LogP contribution >= 0.6 is 0 Å². The van der Waals surface area contributed by atoms with E-state index in [9.17, 15) is 9.18 Å². The van der Waals surface area contributed by atoms with Gasteiger partial charge < -0.3 is 5.32 Å². The predicted molar refractivity (Wildman–Crippen MR) is 71.3 cm³/mol. The monoisotopic (exact) mass is 258 g/mol. The second-order valence-electron chi connectivity index (χ2n) is 4.47. The number of carbonyl (C=O) groups excluding carboxylic acids is 1. The first-order valence-corrected chi connectivity index (χ1v) is 6.02. The van der Waals surface area contributed by atoms with Crippen molar-refractivity contribution in [2.75, 3.05) is 0 Å². The third-order valence-electron chi connectivity index (χ3n) is 2.95. The third-order valence-corrected chi connectivity index (χ3v) is 2.95. The van der Waals surface area contributed by atoms with Gasteiger partial charge in [-0.1, -0.05) is 11.6 Å². The van der Waals surface area contributed by atoms with E-state index >= 15 is 0 Å². The van der Waals surface area contributed by atoms with Crippen LogP contribution in [0.4, 0.5) is 4.39 Å². The van der Waals surface area contributed by atoms with Crippen LogP contribution in [0.2, 0.25) is 0 Å². The molecule has 0 atom stereocenters. The average Bonchev–Trinajstić information content (AvgIpc) is 2.40. The molecule has 1 heterocycles. The molecule has 0 saturated carbocycles. The Balaban J connectivity index is 2.10. The first kappa shape index (κ1) is 13.2. The summed E-state index contributed by atoms with van der Waals surface area (Å²) in [6.45, 7) is 4.10. The molecule has 2 aromatic rings. The summed E-state index contributed by atoms with van der Waals surface area (Å²) in [5.41, 5.74) is 2.88. The zero-order chi connectivity index (χ0) is 13.8. The van der Waals surface area contributed by atoms with Crippen LogP contribution in [0.15, 0.2) is 36.7 Å². The van der Waals surface area contributed by atoms with Crippen molar-refractivity contribution < 1.29 is 9.18 Å². The van der Waals surface area contributed by atoms with Crippen LogP contribution in [0.25, 0.3) is 0 Å². The smallest absolute Gasteiger partial charge is 0.254 e. The maximum atomic E-state index is 13.6. The quantitative estimate of drug-likeness (QED) is 0.919. The number of benzene rings is 1. The lowest BCUT2D eigenvalue weighted by Crippen LogP contribution is -2.24. The molecule has 0 aliphatic heterocycles. The van der Waals surface area contributed by atoms with E-state index in [4.69, 9.17) is 0 Å². The van der Waals surface area contributed by atoms with Crippen molar-refractivity contribution >= 4 is 5.91 Å². The summed E-state index contributed by atoms with van der Waals surface area (Å²) in [5, 5.41) is 2.71. The summed E-state index contributed by atoms with van der Waals surface area (Å²) in [5.74, 6) is -0.921. The number of nitrogens with zero attached hydrogens (tertiary/aromatic N) is 1. The first-order chi connectivity index (χ1) is 9.08. The van der Waals surface area contributed by atoms with Crippen molar-refractivity contribution in [2.24, 2.45) is 0 Å². The van der Waals surface area contributed by atoms with Crippen molar-refractivity contribution in [3.05, 3.63) is 64.7 Å². The van der Waals surface area contributed by atoms with E-state index in [-0.39, 0.29) is 5.56 Å². The Hall–Kier alpha value is -2.23. The Kier molecular flexibility index (Phi) is 3.90. The Labute approximate surface area is 111 Å². The molecular formula is C15H15FN2O. The van der Waals surface area contributed by atoms with E-state index in [0.717, 1.165) is 16.7 Å². The van der Waals surface area contributed by atoms with Crippen molar-refractivity contribution in [1.82, 2.24) is 10.3 Å². The lowest BCUT2D eigenvalue weighted by molar-refractivity contribution is 0.0946. The molecule has 2 rings (SSSR count). The highest BCUT2D eigenvalue weighted by atomic mass is 19.1. The number of aryl methyl sites for hydroxylation is 2. The summed E-state index contributed by atoms with van der Waals surface area (Å²) in [7, 11) is 0. The number of aromatic nitrogens is 1. The molecule has 0 fully saturated rings. The van der Waals surface area contributed by atoms with Gasteiger partial charge in [-0.3, -0.25) is 9.78 Å². The fourth-order valence-electron chi connectivity index (χ4n) is 1.77. The molecule has 1 N–H and O–H groups in total. The van der Waals surface area contributed by atoms with E-state index in [2.05, 4.69) is 10.3 Å². The molecule has 19 heavy (non-hydrogen) atoms. The van der Waals surface area contributed by atoms with Gasteiger partial charge in [0.05, 0.1) is 5.56 Å². The lowest BCUT2D eigenvalue weighted by Gasteiger charge is -2.08. The highest BCUT2D eigenvalue weighted by Gasteiger charge is 2.11. The largest absolute Gasteiger partial charge is 0.348 e. The van der Waals surface area contributed by atoms with E-state index in [1.165, 1.54) is 6.07 Å². The molecule has 0 bridgehead atoms. The van der Waals surface area contributed by atoms with Gasteiger partial charge in [-0.15, -0.1) is 0 Å². The molecule has 0 spiro atoms. The summed E-state index contributed by atoms with van der Waals surface area (Å²) < 4.78 is 13.6. The Morgan fingerprint density at radius 1 is 1.32 bits per heavy atom. The molecule has 1 amide bonds. The zero-order valence-electron chi connectivity index (χ0n) is 10.9. The van der Waals surface area contributed by atoms with Gasteiger partial charge in [0.2, 0.25) is 0 Å². The second-order valence-corrected chi connectivity index (χ2v) is 4.47. The molecule has 1 aromatic heterocycles. The zero-order valence-corrected chi connectivity index (χ0v) is 10.9. The van der Waals surface area contributed by atoms with Crippen molar-refractivity contribution in [2.45, 2.75) is 20.4 Å². The predicted octanol–water partition coefficient (Wildman–Crippen LogP) is 2.77. The van der Waals surface area contributed by atoms with Crippen LogP contribution < -0.4 is 5.32 Å². The standard InChI is InChI=1S/C15H15FN2O/c1-10-3-4-14(16)13(7-10)15(19)18-9-12-8-17-6-5-11(12)2/h3-8H,9H2,1-2H3,(H,18,19). The second kappa shape index (κ2) is 5.61. The van der Waals surface area contributed by atoms with E-state index in [1.54, 1.807) is 24.5 Å². The number of hydrogen-bond acceptors (Lipinski definition) is 2. The molecule has 0 unspecified atom stereocenters. The number of halogens is 1. The van der Waals surface area contributed by atoms with Gasteiger partial charge in [0.1, 0.15) is 5.82 Å².